The number of hydrogen-bond acceptors (Lipinski definition) is 5. The van der Waals surface area contributed by atoms with E-state index in [1.165, 1.54) is 6.08 Å². The second-order valence-electron chi connectivity index (χ2n) is 6.01. The van der Waals surface area contributed by atoms with Gasteiger partial charge in [-0.05, 0) is 44.5 Å². The zero-order chi connectivity index (χ0) is 21.1. The lowest BCUT2D eigenvalue weighted by atomic mass is 10.1. The van der Waals surface area contributed by atoms with E-state index >= 15 is 0 Å². The van der Waals surface area contributed by atoms with Crippen LogP contribution < -0.4 is 19.5 Å². The third-order valence-corrected chi connectivity index (χ3v) is 3.86. The molecule has 0 saturated heterocycles. The molecule has 0 radical (unpaired) electrons. The average molecular weight is 394 g/mol. The Balaban J connectivity index is 2.35. The summed E-state index contributed by atoms with van der Waals surface area (Å²) >= 11 is 0. The highest BCUT2D eigenvalue weighted by Gasteiger charge is 2.15. The normalized spacial score (nSPS) is 10.8. The summed E-state index contributed by atoms with van der Waals surface area (Å²) in [7, 11) is 0. The minimum Gasteiger partial charge on any atom is -0.492 e. The highest BCUT2D eigenvalue weighted by atomic mass is 16.5. The molecule has 1 amide bonds. The van der Waals surface area contributed by atoms with Gasteiger partial charge in [-0.15, -0.1) is 0 Å². The van der Waals surface area contributed by atoms with Crippen LogP contribution >= 0.6 is 0 Å². The van der Waals surface area contributed by atoms with E-state index in [1.54, 1.807) is 36.4 Å². The van der Waals surface area contributed by atoms with Gasteiger partial charge in [0.25, 0.3) is 5.91 Å². The molecule has 29 heavy (non-hydrogen) atoms. The van der Waals surface area contributed by atoms with Gasteiger partial charge in [0.1, 0.15) is 17.4 Å². The SMILES string of the molecule is CCCOc1c(/C=C(\C#N)C(=O)Nc2ccccc2OCC)cccc1OCC. The van der Waals surface area contributed by atoms with Gasteiger partial charge >= 0.3 is 0 Å². The zero-order valence-electron chi connectivity index (χ0n) is 17.0. The second kappa shape index (κ2) is 11.4. The van der Waals surface area contributed by atoms with E-state index in [-0.39, 0.29) is 5.57 Å². The van der Waals surface area contributed by atoms with Gasteiger partial charge in [-0.2, -0.15) is 5.26 Å². The van der Waals surface area contributed by atoms with Crippen molar-refractivity contribution >= 4 is 17.7 Å². The molecular weight excluding hydrogens is 368 g/mol. The molecule has 2 aromatic rings. The van der Waals surface area contributed by atoms with Crippen LogP contribution in [0.25, 0.3) is 6.08 Å². The summed E-state index contributed by atoms with van der Waals surface area (Å²) in [6.07, 6.45) is 2.33. The monoisotopic (exact) mass is 394 g/mol. The third kappa shape index (κ3) is 6.01. The second-order valence-corrected chi connectivity index (χ2v) is 6.01. The Hall–Kier alpha value is -3.46. The van der Waals surface area contributed by atoms with Crippen LogP contribution in [0, 0.1) is 11.3 Å². The van der Waals surface area contributed by atoms with E-state index in [4.69, 9.17) is 14.2 Å². The first-order chi connectivity index (χ1) is 14.1. The summed E-state index contributed by atoms with van der Waals surface area (Å²) < 4.78 is 17.0. The van der Waals surface area contributed by atoms with Crippen molar-refractivity contribution in [3.05, 3.63) is 53.6 Å². The van der Waals surface area contributed by atoms with Gasteiger partial charge in [0.2, 0.25) is 0 Å². The van der Waals surface area contributed by atoms with Gasteiger partial charge in [-0.3, -0.25) is 4.79 Å². The number of carbonyl (C=O) groups excluding carboxylic acids is 1. The van der Waals surface area contributed by atoms with Crippen molar-refractivity contribution in [3.8, 4) is 23.3 Å². The quantitative estimate of drug-likeness (QED) is 0.462. The maximum Gasteiger partial charge on any atom is 0.266 e. The van der Waals surface area contributed by atoms with Crippen molar-refractivity contribution in [2.45, 2.75) is 27.2 Å². The first kappa shape index (κ1) is 21.8. The molecule has 0 heterocycles. The molecule has 0 aliphatic heterocycles. The van der Waals surface area contributed by atoms with E-state index < -0.39 is 5.91 Å². The van der Waals surface area contributed by atoms with Gasteiger partial charge in [0.05, 0.1) is 25.5 Å². The van der Waals surface area contributed by atoms with Crippen molar-refractivity contribution < 1.29 is 19.0 Å². The Morgan fingerprint density at radius 1 is 1.00 bits per heavy atom. The van der Waals surface area contributed by atoms with Gasteiger partial charge in [-0.25, -0.2) is 0 Å². The first-order valence-corrected chi connectivity index (χ1v) is 9.68. The fraction of sp³-hybridized carbons (Fsp3) is 0.304. The summed E-state index contributed by atoms with van der Waals surface area (Å²) in [4.78, 5) is 12.7. The number of nitrogens with zero attached hydrogens (tertiary/aromatic N) is 1. The minimum atomic E-state index is -0.525. The zero-order valence-corrected chi connectivity index (χ0v) is 17.0. The Kier molecular flexibility index (Phi) is 8.58. The van der Waals surface area contributed by atoms with Crippen LogP contribution in [0.3, 0.4) is 0 Å². The lowest BCUT2D eigenvalue weighted by Crippen LogP contribution is -2.14. The van der Waals surface area contributed by atoms with Gasteiger partial charge in [0.15, 0.2) is 11.5 Å². The maximum absolute atomic E-state index is 12.7. The van der Waals surface area contributed by atoms with Crippen LogP contribution in [-0.2, 0) is 4.79 Å². The van der Waals surface area contributed by atoms with Crippen molar-refractivity contribution in [1.82, 2.24) is 0 Å². The number of ether oxygens (including phenoxy) is 3. The highest BCUT2D eigenvalue weighted by Crippen LogP contribution is 2.33. The third-order valence-electron chi connectivity index (χ3n) is 3.86. The van der Waals surface area contributed by atoms with Crippen LogP contribution in [0.15, 0.2) is 48.0 Å². The molecule has 0 fully saturated rings. The van der Waals surface area contributed by atoms with Crippen LogP contribution in [0.4, 0.5) is 5.69 Å². The molecule has 0 saturated carbocycles. The number of benzene rings is 2. The average Bonchev–Trinajstić information content (AvgIpc) is 2.73. The predicted molar refractivity (Wildman–Crippen MR) is 113 cm³/mol. The van der Waals surface area contributed by atoms with Gasteiger partial charge < -0.3 is 19.5 Å². The number of rotatable bonds is 10. The first-order valence-electron chi connectivity index (χ1n) is 9.68. The van der Waals surface area contributed by atoms with Crippen molar-refractivity contribution in [3.63, 3.8) is 0 Å². The summed E-state index contributed by atoms with van der Waals surface area (Å²) in [5.74, 6) is 1.12. The Labute approximate surface area is 171 Å². The lowest BCUT2D eigenvalue weighted by Gasteiger charge is -2.14. The molecule has 2 aromatic carbocycles. The molecule has 0 aromatic heterocycles. The van der Waals surface area contributed by atoms with E-state index in [0.29, 0.717) is 48.3 Å². The molecule has 6 nitrogen and oxygen atoms in total. The number of anilines is 1. The number of hydrogen-bond donors (Lipinski definition) is 1. The molecule has 0 spiro atoms. The molecule has 0 atom stereocenters. The molecular formula is C23H26N2O4. The van der Waals surface area contributed by atoms with Gasteiger partial charge in [0, 0.05) is 5.56 Å². The molecule has 0 bridgehead atoms. The van der Waals surface area contributed by atoms with Crippen LogP contribution in [-0.4, -0.2) is 25.7 Å². The molecule has 2 rings (SSSR count). The molecule has 6 heteroatoms. The van der Waals surface area contributed by atoms with E-state index in [9.17, 15) is 10.1 Å². The fourth-order valence-corrected chi connectivity index (χ4v) is 2.62. The molecule has 0 aliphatic rings. The predicted octanol–water partition coefficient (Wildman–Crippen LogP) is 4.82. The van der Waals surface area contributed by atoms with Crippen molar-refractivity contribution in [2.75, 3.05) is 25.1 Å². The Bertz CT molecular complexity index is 900. The standard InChI is InChI=1S/C23H26N2O4/c1-4-14-29-22-17(10-9-13-21(22)28-6-3)15-18(16-24)23(26)25-19-11-7-8-12-20(19)27-5-2/h7-13,15H,4-6,14H2,1-3H3,(H,25,26)/b18-15+. The molecule has 152 valence electrons. The Morgan fingerprint density at radius 2 is 1.69 bits per heavy atom. The maximum atomic E-state index is 12.7. The number of nitriles is 1. The number of para-hydroxylation sites is 3. The summed E-state index contributed by atoms with van der Waals surface area (Å²) in [5.41, 5.74) is 1.06. The number of nitrogens with one attached hydrogen (secondary N) is 1. The van der Waals surface area contributed by atoms with Crippen molar-refractivity contribution in [1.29, 1.82) is 5.26 Å². The van der Waals surface area contributed by atoms with Crippen LogP contribution in [0.1, 0.15) is 32.8 Å². The molecule has 0 unspecified atom stereocenters. The van der Waals surface area contributed by atoms with E-state index in [1.807, 2.05) is 32.9 Å². The fourth-order valence-electron chi connectivity index (χ4n) is 2.62. The number of carbonyl (C=O) groups is 1. The summed E-state index contributed by atoms with van der Waals surface area (Å²) in [6.45, 7) is 7.20. The minimum absolute atomic E-state index is 0.0497. The van der Waals surface area contributed by atoms with Crippen LogP contribution in [0.2, 0.25) is 0 Å². The molecule has 1 N–H and O–H groups in total. The number of amides is 1. The Morgan fingerprint density at radius 3 is 2.38 bits per heavy atom. The lowest BCUT2D eigenvalue weighted by molar-refractivity contribution is -0.112. The van der Waals surface area contributed by atoms with Crippen LogP contribution in [0.5, 0.6) is 17.2 Å². The van der Waals surface area contributed by atoms with E-state index in [2.05, 4.69) is 5.32 Å². The smallest absolute Gasteiger partial charge is 0.266 e. The summed E-state index contributed by atoms with van der Waals surface area (Å²) in [5, 5.41) is 12.3. The van der Waals surface area contributed by atoms with Crippen molar-refractivity contribution in [2.24, 2.45) is 0 Å². The topological polar surface area (TPSA) is 80.6 Å². The van der Waals surface area contributed by atoms with E-state index in [0.717, 1.165) is 6.42 Å². The highest BCUT2D eigenvalue weighted by molar-refractivity contribution is 6.10. The largest absolute Gasteiger partial charge is 0.492 e. The van der Waals surface area contributed by atoms with Gasteiger partial charge in [-0.1, -0.05) is 31.2 Å². The molecule has 0 aliphatic carbocycles. The summed E-state index contributed by atoms with van der Waals surface area (Å²) in [6, 6.07) is 14.4.